The molecule has 1 amide bonds. The Morgan fingerprint density at radius 1 is 1.17 bits per heavy atom. The molecule has 0 aliphatic heterocycles. The van der Waals surface area contributed by atoms with Gasteiger partial charge >= 0.3 is 0 Å². The van der Waals surface area contributed by atoms with E-state index in [1.165, 1.54) is 12.1 Å². The Hall–Kier alpha value is -3.19. The number of methoxy groups -OCH3 is 2. The summed E-state index contributed by atoms with van der Waals surface area (Å²) in [5.74, 6) is 0.966. The average molecular weight is 397 g/mol. The minimum absolute atomic E-state index is 0.128. The van der Waals surface area contributed by atoms with Gasteiger partial charge in [-0.2, -0.15) is 0 Å². The largest absolute Gasteiger partial charge is 0.497 e. The summed E-state index contributed by atoms with van der Waals surface area (Å²) in [4.78, 5) is 19.2. The lowest BCUT2D eigenvalue weighted by Crippen LogP contribution is -2.34. The van der Waals surface area contributed by atoms with E-state index >= 15 is 0 Å². The Labute approximate surface area is 169 Å². The van der Waals surface area contributed by atoms with Crippen LogP contribution in [-0.4, -0.2) is 47.7 Å². The van der Waals surface area contributed by atoms with Crippen LogP contribution in [-0.2, 0) is 17.8 Å². The molecule has 0 saturated heterocycles. The molecule has 3 rings (SSSR count). The van der Waals surface area contributed by atoms with Crippen molar-refractivity contribution < 1.29 is 18.7 Å². The zero-order chi connectivity index (χ0) is 20.6. The van der Waals surface area contributed by atoms with Crippen LogP contribution in [0.3, 0.4) is 0 Å². The highest BCUT2D eigenvalue weighted by Gasteiger charge is 2.19. The molecule has 7 heteroatoms. The van der Waals surface area contributed by atoms with Gasteiger partial charge in [0, 0.05) is 38.2 Å². The first-order chi connectivity index (χ1) is 14.1. The smallest absolute Gasteiger partial charge is 0.254 e. The van der Waals surface area contributed by atoms with Gasteiger partial charge in [0.05, 0.1) is 20.3 Å². The first-order valence-electron chi connectivity index (χ1n) is 9.27. The second kappa shape index (κ2) is 9.84. The number of halogens is 1. The third kappa shape index (κ3) is 5.42. The molecule has 0 aliphatic rings. The quantitative estimate of drug-likeness (QED) is 0.556. The number of hydrogen-bond acceptors (Lipinski definition) is 4. The molecule has 152 valence electrons. The van der Waals surface area contributed by atoms with Gasteiger partial charge in [-0.1, -0.05) is 18.2 Å². The van der Waals surface area contributed by atoms with Crippen molar-refractivity contribution in [1.29, 1.82) is 0 Å². The zero-order valence-electron chi connectivity index (χ0n) is 16.5. The Bertz CT molecular complexity index is 940. The zero-order valence-corrected chi connectivity index (χ0v) is 16.5. The molecule has 3 aromatic rings. The molecule has 0 saturated carbocycles. The third-order valence-electron chi connectivity index (χ3n) is 4.57. The highest BCUT2D eigenvalue weighted by molar-refractivity contribution is 5.94. The molecule has 2 aromatic carbocycles. The predicted molar refractivity (Wildman–Crippen MR) is 107 cm³/mol. The fraction of sp³-hybridized carbons (Fsp3) is 0.273. The van der Waals surface area contributed by atoms with E-state index in [4.69, 9.17) is 9.47 Å². The van der Waals surface area contributed by atoms with Gasteiger partial charge in [-0.15, -0.1) is 0 Å². The van der Waals surface area contributed by atoms with Crippen LogP contribution in [0.2, 0.25) is 0 Å². The lowest BCUT2D eigenvalue weighted by Gasteiger charge is -2.23. The highest BCUT2D eigenvalue weighted by atomic mass is 19.1. The monoisotopic (exact) mass is 397 g/mol. The number of carbonyl (C=O) groups is 1. The second-order valence-corrected chi connectivity index (χ2v) is 6.55. The van der Waals surface area contributed by atoms with Crippen LogP contribution in [0.5, 0.6) is 5.75 Å². The number of aromatic nitrogens is 2. The second-order valence-electron chi connectivity index (χ2n) is 6.55. The van der Waals surface area contributed by atoms with E-state index in [0.29, 0.717) is 37.6 Å². The number of carbonyl (C=O) groups excluding carboxylic acids is 1. The fourth-order valence-corrected chi connectivity index (χ4v) is 2.99. The van der Waals surface area contributed by atoms with Gasteiger partial charge < -0.3 is 18.9 Å². The van der Waals surface area contributed by atoms with Crippen LogP contribution >= 0.6 is 0 Å². The normalized spacial score (nSPS) is 10.7. The number of hydrogen-bond donors (Lipinski definition) is 0. The van der Waals surface area contributed by atoms with Crippen LogP contribution < -0.4 is 4.74 Å². The van der Waals surface area contributed by atoms with Crippen LogP contribution in [0.1, 0.15) is 21.7 Å². The van der Waals surface area contributed by atoms with Gasteiger partial charge in [0.2, 0.25) is 0 Å². The summed E-state index contributed by atoms with van der Waals surface area (Å²) < 4.78 is 25.5. The third-order valence-corrected chi connectivity index (χ3v) is 4.57. The summed E-state index contributed by atoms with van der Waals surface area (Å²) >= 11 is 0. The van der Waals surface area contributed by atoms with Crippen molar-refractivity contribution >= 4 is 5.91 Å². The number of benzene rings is 2. The molecule has 0 N–H and O–H groups in total. The molecular weight excluding hydrogens is 373 g/mol. The van der Waals surface area contributed by atoms with Crippen molar-refractivity contribution in [1.82, 2.24) is 14.5 Å². The van der Waals surface area contributed by atoms with Crippen LogP contribution in [0.15, 0.2) is 60.9 Å². The topological polar surface area (TPSA) is 56.6 Å². The van der Waals surface area contributed by atoms with Crippen molar-refractivity contribution in [3.63, 3.8) is 0 Å². The maximum absolute atomic E-state index is 13.2. The van der Waals surface area contributed by atoms with E-state index in [-0.39, 0.29) is 11.7 Å². The molecule has 29 heavy (non-hydrogen) atoms. The number of rotatable bonds is 9. The van der Waals surface area contributed by atoms with E-state index in [2.05, 4.69) is 4.98 Å². The molecule has 0 aliphatic carbocycles. The average Bonchev–Trinajstić information content (AvgIpc) is 3.18. The molecule has 0 fully saturated rings. The minimum atomic E-state index is -0.269. The SMILES string of the molecule is COCCN(Cc1nccn1Cc1ccc(F)cc1)C(=O)c1cccc(OC)c1. The van der Waals surface area contributed by atoms with Crippen molar-refractivity contribution in [2.24, 2.45) is 0 Å². The highest BCUT2D eigenvalue weighted by Crippen LogP contribution is 2.16. The summed E-state index contributed by atoms with van der Waals surface area (Å²) in [5, 5.41) is 0. The summed E-state index contributed by atoms with van der Waals surface area (Å²) in [7, 11) is 3.17. The summed E-state index contributed by atoms with van der Waals surface area (Å²) in [6.45, 7) is 1.71. The maximum atomic E-state index is 13.2. The van der Waals surface area contributed by atoms with E-state index in [1.807, 2.05) is 10.8 Å². The number of amides is 1. The number of ether oxygens (including phenoxy) is 2. The fourth-order valence-electron chi connectivity index (χ4n) is 2.99. The van der Waals surface area contributed by atoms with Gasteiger partial charge in [0.25, 0.3) is 5.91 Å². The first-order valence-corrected chi connectivity index (χ1v) is 9.27. The Balaban J connectivity index is 1.79. The lowest BCUT2D eigenvalue weighted by atomic mass is 10.2. The van der Waals surface area contributed by atoms with Crippen molar-refractivity contribution in [2.45, 2.75) is 13.1 Å². The van der Waals surface area contributed by atoms with Crippen molar-refractivity contribution in [3.8, 4) is 5.75 Å². The van der Waals surface area contributed by atoms with E-state index in [9.17, 15) is 9.18 Å². The van der Waals surface area contributed by atoms with Crippen LogP contribution in [0.4, 0.5) is 4.39 Å². The van der Waals surface area contributed by atoms with Crippen LogP contribution in [0.25, 0.3) is 0 Å². The molecule has 1 heterocycles. The van der Waals surface area contributed by atoms with E-state index in [0.717, 1.165) is 11.4 Å². The maximum Gasteiger partial charge on any atom is 0.254 e. The molecule has 0 unspecified atom stereocenters. The first kappa shape index (κ1) is 20.5. The number of nitrogens with zero attached hydrogens (tertiary/aromatic N) is 3. The molecule has 6 nitrogen and oxygen atoms in total. The van der Waals surface area contributed by atoms with Crippen molar-refractivity contribution in [3.05, 3.63) is 83.7 Å². The standard InChI is InChI=1S/C22H24FN3O3/c1-28-13-12-26(22(27)18-4-3-5-20(14-18)29-2)16-21-24-10-11-25(21)15-17-6-8-19(23)9-7-17/h3-11,14H,12-13,15-16H2,1-2H3. The van der Waals surface area contributed by atoms with E-state index in [1.54, 1.807) is 61.7 Å². The predicted octanol–water partition coefficient (Wildman–Crippen LogP) is 3.37. The molecule has 0 atom stereocenters. The Morgan fingerprint density at radius 2 is 1.97 bits per heavy atom. The van der Waals surface area contributed by atoms with Gasteiger partial charge in [-0.05, 0) is 35.9 Å². The molecular formula is C22H24FN3O3. The number of imidazole rings is 1. The lowest BCUT2D eigenvalue weighted by molar-refractivity contribution is 0.0673. The molecule has 0 spiro atoms. The summed E-state index contributed by atoms with van der Waals surface area (Å²) in [5.41, 5.74) is 1.49. The minimum Gasteiger partial charge on any atom is -0.497 e. The van der Waals surface area contributed by atoms with Gasteiger partial charge in [0.1, 0.15) is 17.4 Å². The molecule has 0 bridgehead atoms. The summed E-state index contributed by atoms with van der Waals surface area (Å²) in [6.07, 6.45) is 3.55. The molecule has 1 aromatic heterocycles. The molecule has 0 radical (unpaired) electrons. The van der Waals surface area contributed by atoms with Crippen molar-refractivity contribution in [2.75, 3.05) is 27.4 Å². The Morgan fingerprint density at radius 3 is 2.69 bits per heavy atom. The van der Waals surface area contributed by atoms with Crippen LogP contribution in [0, 0.1) is 5.82 Å². The van der Waals surface area contributed by atoms with Gasteiger partial charge in [0.15, 0.2) is 0 Å². The van der Waals surface area contributed by atoms with Gasteiger partial charge in [-0.25, -0.2) is 9.37 Å². The van der Waals surface area contributed by atoms with Gasteiger partial charge in [-0.3, -0.25) is 4.79 Å². The van der Waals surface area contributed by atoms with E-state index < -0.39 is 0 Å². The summed E-state index contributed by atoms with van der Waals surface area (Å²) in [6, 6.07) is 13.4. The Kier molecular flexibility index (Phi) is 6.97.